The number of rotatable bonds is 30. The fourth-order valence-corrected chi connectivity index (χ4v) is 3.14. The Morgan fingerprint density at radius 1 is 0.453 bits per heavy atom. The molecule has 22 heteroatoms. The minimum Gasteiger partial charge on any atom is -0.0312 e. The van der Waals surface area contributed by atoms with Crippen molar-refractivity contribution in [2.75, 3.05) is 120 Å². The van der Waals surface area contributed by atoms with Crippen LogP contribution in [-0.2, 0) is 115 Å². The van der Waals surface area contributed by atoms with E-state index < -0.39 is 24.8 Å². The third-order valence-corrected chi connectivity index (χ3v) is 6.17. The summed E-state index contributed by atoms with van der Waals surface area (Å²) < 4.78 is 105. The van der Waals surface area contributed by atoms with Gasteiger partial charge in [-0.25, -0.2) is 0 Å². The van der Waals surface area contributed by atoms with Gasteiger partial charge < -0.3 is 28.4 Å². The van der Waals surface area contributed by atoms with E-state index in [0.29, 0.717) is 79.3 Å². The zero-order valence-electron chi connectivity index (χ0n) is 30.3. The Kier molecular flexibility index (Phi) is 88.4. The molecule has 3 atom stereocenters. The van der Waals surface area contributed by atoms with Crippen LogP contribution in [0.3, 0.4) is 0 Å². The topological polar surface area (TPSA) is 202 Å². The summed E-state index contributed by atoms with van der Waals surface area (Å²) in [4.78, 5) is 0. The van der Waals surface area contributed by atoms with Gasteiger partial charge >= 0.3 is 47.4 Å². The van der Waals surface area contributed by atoms with Crippen LogP contribution >= 0.6 is 24.8 Å². The first-order valence-electron chi connectivity index (χ1n) is 14.7. The monoisotopic (exact) mass is 952 g/mol. The number of hydrogen-bond donors (Lipinski definition) is 0. The maximum atomic E-state index is 10.6. The molecule has 0 aliphatic heterocycles. The van der Waals surface area contributed by atoms with Crippen LogP contribution in [0.1, 0.15) is 0 Å². The van der Waals surface area contributed by atoms with Crippen molar-refractivity contribution in [2.24, 2.45) is 0 Å². The van der Waals surface area contributed by atoms with Crippen LogP contribution in [0.5, 0.6) is 0 Å². The summed E-state index contributed by atoms with van der Waals surface area (Å²) in [5.74, 6) is 0. The zero-order chi connectivity index (χ0) is 39.5. The van der Waals surface area contributed by atoms with E-state index in [1.165, 1.54) is 21.3 Å². The smallest absolute Gasteiger partial charge is 0 e. The first-order valence-corrected chi connectivity index (χ1v) is 18.0. The van der Waals surface area contributed by atoms with Gasteiger partial charge in [0.2, 0.25) is 0 Å². The van der Waals surface area contributed by atoms with Crippen LogP contribution in [0.25, 0.3) is 0 Å². The third-order valence-electron chi connectivity index (χ3n) is 4.10. The molecular weight excluding hydrogens is 899 g/mol. The molecule has 0 spiro atoms. The third kappa shape index (κ3) is 77.1. The molecule has 3 unspecified atom stereocenters. The summed E-state index contributed by atoms with van der Waals surface area (Å²) in [7, 11) is -1.98. The molecule has 0 bridgehead atoms. The fourth-order valence-electron chi connectivity index (χ4n) is 2.15. The Bertz CT molecular complexity index is 728. The Balaban J connectivity index is -0.000000105. The summed E-state index contributed by atoms with van der Waals surface area (Å²) in [6, 6.07) is 0. The van der Waals surface area contributed by atoms with Gasteiger partial charge in [0.1, 0.15) is 19.8 Å². The largest absolute Gasteiger partial charge is 0.0312 e. The van der Waals surface area contributed by atoms with Crippen molar-refractivity contribution in [1.29, 1.82) is 0 Å². The minimum atomic E-state index is -1.98. The van der Waals surface area contributed by atoms with E-state index in [0.717, 1.165) is 0 Å². The molecule has 0 aromatic heterocycles. The van der Waals surface area contributed by atoms with Gasteiger partial charge in [0, 0.05) is 50.0 Å². The molecule has 0 aromatic carbocycles. The van der Waals surface area contributed by atoms with E-state index in [-0.39, 0.29) is 56.1 Å². The van der Waals surface area contributed by atoms with Crippen LogP contribution in [0, 0.1) is 45.4 Å². The summed E-state index contributed by atoms with van der Waals surface area (Å²) in [5.41, 5.74) is 0. The molecule has 53 heavy (non-hydrogen) atoms. The molecule has 0 aromatic rings. The van der Waals surface area contributed by atoms with Gasteiger partial charge in [0.25, 0.3) is 0 Å². The van der Waals surface area contributed by atoms with Crippen molar-refractivity contribution >= 4 is 24.8 Å². The number of ether oxygens (including phenoxy) is 6. The fraction of sp³-hybridized carbons (Fsp3) is 0.581. The maximum Gasteiger partial charge on any atom is 0 e. The van der Waals surface area contributed by atoms with Gasteiger partial charge in [-0.2, -0.15) is 0 Å². The molecule has 17 nitrogen and oxygen atoms in total. The quantitative estimate of drug-likeness (QED) is 0.0217. The molecule has 0 saturated heterocycles. The average molecular weight is 953 g/mol. The van der Waals surface area contributed by atoms with E-state index in [2.05, 4.69) is 46.6 Å². The molecule has 7 radical (unpaired) electrons. The second-order valence-electron chi connectivity index (χ2n) is 7.61. The first kappa shape index (κ1) is 67.4. The van der Waals surface area contributed by atoms with Gasteiger partial charge in [-0.3, -0.25) is 0 Å². The normalized spacial score (nSPS) is 11.3. The Hall–Kier alpha value is -0.350. The van der Waals surface area contributed by atoms with E-state index in [1.807, 2.05) is 32.1 Å². The maximum absolute atomic E-state index is 10.6. The van der Waals surface area contributed by atoms with E-state index >= 15 is 0 Å². The van der Waals surface area contributed by atoms with Gasteiger partial charge in [-0.1, -0.05) is 18.2 Å². The van der Waals surface area contributed by atoms with Crippen molar-refractivity contribution < 1.29 is 115 Å². The Morgan fingerprint density at radius 2 is 0.642 bits per heavy atom. The molecule has 0 heterocycles. The summed E-state index contributed by atoms with van der Waals surface area (Å²) in [6.07, 6.45) is 15.0. The summed E-state index contributed by atoms with van der Waals surface area (Å²) in [5, 5.41) is 0. The van der Waals surface area contributed by atoms with Crippen molar-refractivity contribution in [3.63, 3.8) is 0 Å². The molecule has 1 aliphatic carbocycles. The van der Waals surface area contributed by atoms with Crippen molar-refractivity contribution in [3.05, 3.63) is 83.4 Å². The van der Waals surface area contributed by atoms with E-state index in [9.17, 15) is 13.7 Å². The first-order chi connectivity index (χ1) is 24.9. The van der Waals surface area contributed by atoms with Gasteiger partial charge in [-0.05, 0) is 32.1 Å². The predicted molar refractivity (Wildman–Crippen MR) is 187 cm³/mol. The molecule has 1 rings (SSSR count). The van der Waals surface area contributed by atoms with E-state index in [4.69, 9.17) is 51.3 Å². The van der Waals surface area contributed by atoms with Crippen molar-refractivity contribution in [1.82, 2.24) is 0 Å². The van der Waals surface area contributed by atoms with Crippen LogP contribution < -0.4 is 0 Å². The van der Waals surface area contributed by atoms with Crippen LogP contribution in [0.2, 0.25) is 0 Å². The minimum absolute atomic E-state index is 0. The van der Waals surface area contributed by atoms with Gasteiger partial charge in [0.15, 0.2) is 0 Å². The standard InChI is InChI=1S/3C8H16O5P.C5H5.2CO.Co.Rh/c3*1-3-4-11-5-6-12-7-8-13-14(9)10-2;1-2-4-5-3-1;2*1-2;;/h3*3H,1,4-8H2,2H3;1-5H;;;;/q3*+1;;;;;. The summed E-state index contributed by atoms with van der Waals surface area (Å²) >= 11 is 0. The second kappa shape index (κ2) is 69.5. The molecule has 1 fully saturated rings. The summed E-state index contributed by atoms with van der Waals surface area (Å²) in [6.45, 7) is 26.0. The Morgan fingerprint density at radius 3 is 0.830 bits per heavy atom. The van der Waals surface area contributed by atoms with Crippen molar-refractivity contribution in [3.8, 4) is 0 Å². The van der Waals surface area contributed by atoms with Crippen LogP contribution in [0.15, 0.2) is 38.0 Å². The van der Waals surface area contributed by atoms with Crippen LogP contribution in [0.4, 0.5) is 0 Å². The zero-order valence-corrected chi connectivity index (χ0v) is 35.7. The van der Waals surface area contributed by atoms with Gasteiger partial charge in [0.05, 0.1) is 101 Å². The van der Waals surface area contributed by atoms with Crippen LogP contribution in [-0.4, -0.2) is 120 Å². The number of hydrogen-bond acceptors (Lipinski definition) is 15. The van der Waals surface area contributed by atoms with Crippen molar-refractivity contribution in [2.45, 2.75) is 0 Å². The average Bonchev–Trinajstić information content (AvgIpc) is 3.77. The SMILES string of the molecule is C=CCOCCOCCO[P+](=O)OC.C=CCOCCOCCO[P+](=O)OC.C=CCOCCOCCO[P+](=O)OC.[C-]#[O+].[C-]#[O+].[CH]1[CH][CH][CH][CH]1.[Co].[Rh]. The van der Waals surface area contributed by atoms with Gasteiger partial charge in [-0.15, -0.1) is 46.9 Å². The molecule has 1 aliphatic rings. The Labute approximate surface area is 342 Å². The molecular formula is C31H53CoO17P3Rh+3. The molecule has 0 N–H and O–H groups in total. The molecule has 0 amide bonds. The predicted octanol–water partition coefficient (Wildman–Crippen LogP) is 5.52. The molecule has 309 valence electrons. The molecule has 1 saturated carbocycles. The van der Waals surface area contributed by atoms with E-state index in [1.54, 1.807) is 18.2 Å². The second-order valence-corrected chi connectivity index (χ2v) is 10.8.